The van der Waals surface area contributed by atoms with E-state index in [1.165, 1.54) is 4.90 Å². The zero-order valence-corrected chi connectivity index (χ0v) is 17.4. The average molecular weight is 468 g/mol. The molecule has 3 N–H and O–H groups in total. The van der Waals surface area contributed by atoms with Crippen molar-refractivity contribution in [2.24, 2.45) is 5.73 Å². The molecule has 2 aromatic rings. The number of carbonyl (C=O) groups excluding carboxylic acids is 2. The standard InChI is InChI=1S/C19H18N2O3S.C2HF3O2/c20-10-11-21-18(22)17(25-19(21)23)12-14-6-8-16(9-7-14)24-13-15-4-2-1-3-5-15;3-2(4,5)1(6)7/h1-9,12H,10-11,13,20H2;(H,6,7)/b17-12-;. The maximum atomic E-state index is 12.2. The van der Waals surface area contributed by atoms with Crippen LogP contribution >= 0.6 is 11.8 Å². The molecule has 32 heavy (non-hydrogen) atoms. The number of carboxylic acids is 1. The van der Waals surface area contributed by atoms with E-state index in [-0.39, 0.29) is 24.2 Å². The molecule has 2 aromatic carbocycles. The molecule has 0 radical (unpaired) electrons. The Morgan fingerprint density at radius 1 is 1.09 bits per heavy atom. The van der Waals surface area contributed by atoms with Gasteiger partial charge in [-0.3, -0.25) is 14.5 Å². The Morgan fingerprint density at radius 2 is 1.69 bits per heavy atom. The molecule has 1 aliphatic rings. The highest BCUT2D eigenvalue weighted by Crippen LogP contribution is 2.32. The minimum Gasteiger partial charge on any atom is -0.489 e. The van der Waals surface area contributed by atoms with Crippen molar-refractivity contribution >= 4 is 35.0 Å². The minimum atomic E-state index is -5.08. The van der Waals surface area contributed by atoms with Crippen LogP contribution in [0.25, 0.3) is 6.08 Å². The van der Waals surface area contributed by atoms with Gasteiger partial charge in [-0.05, 0) is 41.1 Å². The van der Waals surface area contributed by atoms with E-state index in [4.69, 9.17) is 20.4 Å². The number of alkyl halides is 3. The van der Waals surface area contributed by atoms with Crippen LogP contribution in [0.2, 0.25) is 0 Å². The van der Waals surface area contributed by atoms with E-state index < -0.39 is 12.1 Å². The maximum absolute atomic E-state index is 12.2. The molecule has 0 atom stereocenters. The Hall–Kier alpha value is -3.31. The number of hydrogen-bond acceptors (Lipinski definition) is 6. The van der Waals surface area contributed by atoms with Gasteiger partial charge in [-0.25, -0.2) is 4.79 Å². The van der Waals surface area contributed by atoms with Crippen molar-refractivity contribution in [3.8, 4) is 5.75 Å². The van der Waals surface area contributed by atoms with Crippen LogP contribution in [0.15, 0.2) is 59.5 Å². The number of carbonyl (C=O) groups is 3. The molecule has 170 valence electrons. The Morgan fingerprint density at radius 3 is 2.22 bits per heavy atom. The van der Waals surface area contributed by atoms with Crippen LogP contribution in [0.3, 0.4) is 0 Å². The fourth-order valence-corrected chi connectivity index (χ4v) is 3.24. The molecule has 1 saturated heterocycles. The predicted octanol–water partition coefficient (Wildman–Crippen LogP) is 3.89. The highest BCUT2D eigenvalue weighted by molar-refractivity contribution is 8.18. The van der Waals surface area contributed by atoms with E-state index in [0.717, 1.165) is 28.6 Å². The van der Waals surface area contributed by atoms with Gasteiger partial charge in [0.15, 0.2) is 0 Å². The Balaban J connectivity index is 0.000000451. The third-order valence-electron chi connectivity index (χ3n) is 3.89. The number of ether oxygens (including phenoxy) is 1. The second-order valence-corrected chi connectivity index (χ2v) is 7.26. The molecule has 1 fully saturated rings. The number of benzene rings is 2. The van der Waals surface area contributed by atoms with E-state index in [2.05, 4.69) is 0 Å². The average Bonchev–Trinajstić information content (AvgIpc) is 3.01. The molecular formula is C21H19F3N2O5S. The molecule has 0 unspecified atom stereocenters. The molecule has 1 aliphatic heterocycles. The third kappa shape index (κ3) is 7.43. The monoisotopic (exact) mass is 468 g/mol. The largest absolute Gasteiger partial charge is 0.490 e. The summed E-state index contributed by atoms with van der Waals surface area (Å²) in [7, 11) is 0. The Bertz CT molecular complexity index is 979. The van der Waals surface area contributed by atoms with Gasteiger partial charge in [-0.15, -0.1) is 0 Å². The first-order valence-corrected chi connectivity index (χ1v) is 9.96. The lowest BCUT2D eigenvalue weighted by Crippen LogP contribution is -2.33. The van der Waals surface area contributed by atoms with Gasteiger partial charge in [0, 0.05) is 13.1 Å². The van der Waals surface area contributed by atoms with Crippen LogP contribution < -0.4 is 10.5 Å². The molecule has 0 bridgehead atoms. The van der Waals surface area contributed by atoms with Crippen molar-refractivity contribution in [2.75, 3.05) is 13.1 Å². The van der Waals surface area contributed by atoms with Gasteiger partial charge in [-0.1, -0.05) is 42.5 Å². The third-order valence-corrected chi connectivity index (χ3v) is 4.80. The van der Waals surface area contributed by atoms with Crippen LogP contribution in [0, 0.1) is 0 Å². The Labute approximate surface area is 185 Å². The molecule has 3 rings (SSSR count). The van der Waals surface area contributed by atoms with Gasteiger partial charge >= 0.3 is 12.1 Å². The van der Waals surface area contributed by atoms with E-state index in [9.17, 15) is 22.8 Å². The quantitative estimate of drug-likeness (QED) is 0.619. The van der Waals surface area contributed by atoms with Crippen molar-refractivity contribution in [1.29, 1.82) is 0 Å². The number of nitrogens with two attached hydrogens (primary N) is 1. The molecule has 0 aliphatic carbocycles. The summed E-state index contributed by atoms with van der Waals surface area (Å²) in [5, 5.41) is 6.85. The normalized spacial score (nSPS) is 14.9. The lowest BCUT2D eigenvalue weighted by Gasteiger charge is -2.09. The van der Waals surface area contributed by atoms with Crippen LogP contribution in [-0.4, -0.2) is 46.4 Å². The second kappa shape index (κ2) is 11.3. The highest BCUT2D eigenvalue weighted by atomic mass is 32.2. The first-order valence-electron chi connectivity index (χ1n) is 9.14. The highest BCUT2D eigenvalue weighted by Gasteiger charge is 2.38. The summed E-state index contributed by atoms with van der Waals surface area (Å²) in [6.45, 7) is 1.01. The SMILES string of the molecule is NCCN1C(=O)S/C(=C\c2ccc(OCc3ccccc3)cc2)C1=O.O=C(O)C(F)(F)F. The number of rotatable bonds is 6. The van der Waals surface area contributed by atoms with Crippen molar-refractivity contribution in [1.82, 2.24) is 4.90 Å². The van der Waals surface area contributed by atoms with Crippen LogP contribution in [0.4, 0.5) is 18.0 Å². The first-order chi connectivity index (χ1) is 15.1. The van der Waals surface area contributed by atoms with E-state index in [1.807, 2.05) is 54.6 Å². The zero-order chi connectivity index (χ0) is 23.7. The van der Waals surface area contributed by atoms with Gasteiger partial charge in [0.2, 0.25) is 0 Å². The van der Waals surface area contributed by atoms with Crippen LogP contribution in [0.5, 0.6) is 5.75 Å². The number of thioether (sulfide) groups is 1. The van der Waals surface area contributed by atoms with E-state index in [1.54, 1.807) is 6.08 Å². The summed E-state index contributed by atoms with van der Waals surface area (Å²) in [5.74, 6) is -2.30. The van der Waals surface area contributed by atoms with Gasteiger partial charge in [0.1, 0.15) is 12.4 Å². The molecule has 11 heteroatoms. The minimum absolute atomic E-state index is 0.244. The molecular weight excluding hydrogens is 449 g/mol. The van der Waals surface area contributed by atoms with Gasteiger partial charge in [0.05, 0.1) is 4.91 Å². The topological polar surface area (TPSA) is 110 Å². The number of aliphatic carboxylic acids is 1. The lowest BCUT2D eigenvalue weighted by molar-refractivity contribution is -0.192. The lowest BCUT2D eigenvalue weighted by atomic mass is 10.2. The van der Waals surface area contributed by atoms with Crippen molar-refractivity contribution < 1.29 is 37.4 Å². The number of amides is 2. The summed E-state index contributed by atoms with van der Waals surface area (Å²) >= 11 is 0.940. The van der Waals surface area contributed by atoms with Crippen LogP contribution in [0.1, 0.15) is 11.1 Å². The summed E-state index contributed by atoms with van der Waals surface area (Å²) in [6.07, 6.45) is -3.37. The first kappa shape index (κ1) is 25.0. The van der Waals surface area contributed by atoms with E-state index >= 15 is 0 Å². The summed E-state index contributed by atoms with van der Waals surface area (Å²) in [6, 6.07) is 17.3. The maximum Gasteiger partial charge on any atom is 0.490 e. The van der Waals surface area contributed by atoms with Crippen molar-refractivity contribution in [3.63, 3.8) is 0 Å². The number of hydrogen-bond donors (Lipinski definition) is 2. The molecule has 0 aromatic heterocycles. The number of halogens is 3. The number of nitrogens with zero attached hydrogens (tertiary/aromatic N) is 1. The fraction of sp³-hybridized carbons (Fsp3) is 0.190. The fourth-order valence-electron chi connectivity index (χ4n) is 2.37. The zero-order valence-electron chi connectivity index (χ0n) is 16.5. The van der Waals surface area contributed by atoms with E-state index in [0.29, 0.717) is 11.5 Å². The molecule has 1 heterocycles. The smallest absolute Gasteiger partial charge is 0.489 e. The van der Waals surface area contributed by atoms with Gasteiger partial charge < -0.3 is 15.6 Å². The molecule has 7 nitrogen and oxygen atoms in total. The van der Waals surface area contributed by atoms with Gasteiger partial charge in [-0.2, -0.15) is 13.2 Å². The Kier molecular flexibility index (Phi) is 8.85. The summed E-state index contributed by atoms with van der Waals surface area (Å²) < 4.78 is 37.5. The predicted molar refractivity (Wildman–Crippen MR) is 113 cm³/mol. The van der Waals surface area contributed by atoms with Crippen molar-refractivity contribution in [3.05, 3.63) is 70.6 Å². The molecule has 2 amide bonds. The summed E-state index contributed by atoms with van der Waals surface area (Å²) in [5.41, 5.74) is 7.36. The van der Waals surface area contributed by atoms with Gasteiger partial charge in [0.25, 0.3) is 11.1 Å². The summed E-state index contributed by atoms with van der Waals surface area (Å²) in [4.78, 5) is 34.5. The molecule has 0 saturated carbocycles. The molecule has 0 spiro atoms. The number of carboxylic acid groups (broad SMARTS) is 1. The van der Waals surface area contributed by atoms with Crippen molar-refractivity contribution in [2.45, 2.75) is 12.8 Å². The number of imide groups is 1. The van der Waals surface area contributed by atoms with Crippen LogP contribution in [-0.2, 0) is 16.2 Å². The second-order valence-electron chi connectivity index (χ2n) is 6.27.